The Kier molecular flexibility index (Phi) is 7.84. The van der Waals surface area contributed by atoms with Crippen LogP contribution in [0.2, 0.25) is 5.02 Å². The predicted molar refractivity (Wildman–Crippen MR) is 119 cm³/mol. The number of aromatic nitrogens is 4. The molecule has 1 aromatic heterocycles. The van der Waals surface area contributed by atoms with Gasteiger partial charge in [-0.05, 0) is 52.9 Å². The molecule has 0 aliphatic heterocycles. The summed E-state index contributed by atoms with van der Waals surface area (Å²) in [4.78, 5) is 48.5. The van der Waals surface area contributed by atoms with Gasteiger partial charge in [-0.15, -0.1) is 5.10 Å². The van der Waals surface area contributed by atoms with Gasteiger partial charge in [-0.3, -0.25) is 14.4 Å². The topological polar surface area (TPSA) is 177 Å². The van der Waals surface area contributed by atoms with E-state index in [9.17, 15) is 19.2 Å². The molecule has 0 aliphatic rings. The van der Waals surface area contributed by atoms with Gasteiger partial charge in [0.15, 0.2) is 0 Å². The molecule has 13 nitrogen and oxygen atoms in total. The molecule has 3 aromatic rings. The summed E-state index contributed by atoms with van der Waals surface area (Å²) >= 11 is 6.00. The van der Waals surface area contributed by atoms with Crippen LogP contribution in [0.3, 0.4) is 0 Å². The zero-order valence-corrected chi connectivity index (χ0v) is 18.3. The van der Waals surface area contributed by atoms with Crippen molar-refractivity contribution >= 4 is 46.7 Å². The minimum atomic E-state index is -1.22. The van der Waals surface area contributed by atoms with Gasteiger partial charge in [-0.25, -0.2) is 4.79 Å². The van der Waals surface area contributed by atoms with E-state index >= 15 is 0 Å². The molecule has 0 bridgehead atoms. The number of halogens is 1. The highest BCUT2D eigenvalue weighted by molar-refractivity contribution is 6.40. The standard InChI is InChI=1S/C20H18ClN7O6/c1-34-9-15(17(29)23-13-5-2-11(3-6-13)20(32)33)25-19(31)18(30)24-14-8-12(21)4-7-16(14)28-10-22-26-27-28/h2-8,10,15H,9H2,1H3,(H,23,29)(H,24,30)(H,25,31)(H,32,33). The Balaban J connectivity index is 1.68. The van der Waals surface area contributed by atoms with Crippen LogP contribution in [-0.2, 0) is 19.1 Å². The van der Waals surface area contributed by atoms with E-state index in [0.717, 1.165) is 0 Å². The lowest BCUT2D eigenvalue weighted by Crippen LogP contribution is -2.50. The van der Waals surface area contributed by atoms with Gasteiger partial charge >= 0.3 is 17.8 Å². The number of methoxy groups -OCH3 is 1. The van der Waals surface area contributed by atoms with Crippen LogP contribution in [0.15, 0.2) is 48.8 Å². The molecule has 176 valence electrons. The molecule has 1 unspecified atom stereocenters. The van der Waals surface area contributed by atoms with Crippen LogP contribution in [0, 0.1) is 0 Å². The first-order chi connectivity index (χ1) is 16.3. The fourth-order valence-corrected chi connectivity index (χ4v) is 2.93. The minimum Gasteiger partial charge on any atom is -0.478 e. The summed E-state index contributed by atoms with van der Waals surface area (Å²) in [6.45, 7) is -0.231. The van der Waals surface area contributed by atoms with Crippen molar-refractivity contribution in [3.8, 4) is 5.69 Å². The third-order valence-electron chi connectivity index (χ3n) is 4.36. The van der Waals surface area contributed by atoms with Crippen LogP contribution >= 0.6 is 11.6 Å². The number of carboxylic acid groups (broad SMARTS) is 1. The van der Waals surface area contributed by atoms with Crippen molar-refractivity contribution in [2.45, 2.75) is 6.04 Å². The van der Waals surface area contributed by atoms with Gasteiger partial charge in [-0.1, -0.05) is 11.6 Å². The van der Waals surface area contributed by atoms with Gasteiger partial charge < -0.3 is 25.8 Å². The van der Waals surface area contributed by atoms with Crippen molar-refractivity contribution in [1.82, 2.24) is 25.5 Å². The number of benzene rings is 2. The lowest BCUT2D eigenvalue weighted by Gasteiger charge is -2.18. The minimum absolute atomic E-state index is 0.0403. The van der Waals surface area contributed by atoms with Gasteiger partial charge in [0, 0.05) is 17.8 Å². The Morgan fingerprint density at radius 2 is 1.82 bits per heavy atom. The number of tetrazole rings is 1. The second kappa shape index (κ2) is 11.0. The van der Waals surface area contributed by atoms with Crippen molar-refractivity contribution in [3.05, 3.63) is 59.4 Å². The molecular formula is C20H18ClN7O6. The van der Waals surface area contributed by atoms with Crippen LogP contribution < -0.4 is 16.0 Å². The summed E-state index contributed by atoms with van der Waals surface area (Å²) in [6.07, 6.45) is 1.29. The third-order valence-corrected chi connectivity index (χ3v) is 4.60. The quantitative estimate of drug-likeness (QED) is 0.333. The number of ether oxygens (including phenoxy) is 1. The summed E-state index contributed by atoms with van der Waals surface area (Å²) in [6, 6.07) is 8.67. The second-order valence-corrected chi connectivity index (χ2v) is 7.16. The average molecular weight is 488 g/mol. The normalized spacial score (nSPS) is 11.4. The van der Waals surface area contributed by atoms with Crippen molar-refractivity contribution in [3.63, 3.8) is 0 Å². The molecule has 1 atom stereocenters. The van der Waals surface area contributed by atoms with Crippen LogP contribution in [0.5, 0.6) is 0 Å². The van der Waals surface area contributed by atoms with E-state index in [1.54, 1.807) is 12.1 Å². The summed E-state index contributed by atoms with van der Waals surface area (Å²) < 4.78 is 6.23. The fourth-order valence-electron chi connectivity index (χ4n) is 2.76. The number of carboxylic acids is 1. The molecule has 4 N–H and O–H groups in total. The van der Waals surface area contributed by atoms with Crippen LogP contribution in [-0.4, -0.2) is 68.8 Å². The van der Waals surface area contributed by atoms with E-state index < -0.39 is 29.7 Å². The number of rotatable bonds is 8. The summed E-state index contributed by atoms with van der Waals surface area (Å²) in [5.41, 5.74) is 0.844. The number of carbonyl (C=O) groups is 4. The maximum atomic E-state index is 12.6. The molecule has 3 rings (SSSR count). The van der Waals surface area contributed by atoms with Gasteiger partial charge in [0.25, 0.3) is 0 Å². The number of nitrogens with zero attached hydrogens (tertiary/aromatic N) is 4. The largest absolute Gasteiger partial charge is 0.478 e. The predicted octanol–water partition coefficient (Wildman–Crippen LogP) is 0.722. The highest BCUT2D eigenvalue weighted by Crippen LogP contribution is 2.23. The number of hydrogen-bond donors (Lipinski definition) is 4. The molecule has 0 spiro atoms. The third kappa shape index (κ3) is 6.11. The Bertz CT molecular complexity index is 1200. The Morgan fingerprint density at radius 1 is 1.09 bits per heavy atom. The monoisotopic (exact) mass is 487 g/mol. The molecule has 0 saturated heterocycles. The van der Waals surface area contributed by atoms with E-state index in [1.807, 2.05) is 0 Å². The van der Waals surface area contributed by atoms with Crippen LogP contribution in [0.4, 0.5) is 11.4 Å². The van der Waals surface area contributed by atoms with Crippen molar-refractivity contribution < 1.29 is 29.0 Å². The highest BCUT2D eigenvalue weighted by Gasteiger charge is 2.25. The number of anilines is 2. The van der Waals surface area contributed by atoms with E-state index in [4.69, 9.17) is 21.4 Å². The molecule has 34 heavy (non-hydrogen) atoms. The number of nitrogens with one attached hydrogen (secondary N) is 3. The average Bonchev–Trinajstić information content (AvgIpc) is 3.33. The van der Waals surface area contributed by atoms with Crippen molar-refractivity contribution in [2.75, 3.05) is 24.4 Å². The molecule has 1 heterocycles. The molecule has 0 aliphatic carbocycles. The summed E-state index contributed by atoms with van der Waals surface area (Å²) in [5.74, 6) is -3.98. The maximum absolute atomic E-state index is 12.6. The van der Waals surface area contributed by atoms with Crippen molar-refractivity contribution in [1.29, 1.82) is 0 Å². The molecule has 0 radical (unpaired) electrons. The number of hydrogen-bond acceptors (Lipinski definition) is 8. The van der Waals surface area contributed by atoms with E-state index in [1.165, 1.54) is 48.5 Å². The number of carbonyl (C=O) groups excluding carboxylic acids is 3. The Hall–Kier alpha value is -4.36. The maximum Gasteiger partial charge on any atom is 0.335 e. The molecular weight excluding hydrogens is 470 g/mol. The van der Waals surface area contributed by atoms with Gasteiger partial charge in [0.2, 0.25) is 5.91 Å². The van der Waals surface area contributed by atoms with Gasteiger partial charge in [0.1, 0.15) is 12.4 Å². The first kappa shape index (κ1) is 24.3. The second-order valence-electron chi connectivity index (χ2n) is 6.72. The molecule has 2 aromatic carbocycles. The molecule has 3 amide bonds. The van der Waals surface area contributed by atoms with Gasteiger partial charge in [-0.2, -0.15) is 4.68 Å². The van der Waals surface area contributed by atoms with E-state index in [2.05, 4.69) is 31.5 Å². The first-order valence-corrected chi connectivity index (χ1v) is 9.94. The highest BCUT2D eigenvalue weighted by atomic mass is 35.5. The number of aromatic carboxylic acids is 1. The fraction of sp³-hybridized carbons (Fsp3) is 0.150. The van der Waals surface area contributed by atoms with Crippen LogP contribution in [0.25, 0.3) is 5.69 Å². The smallest absolute Gasteiger partial charge is 0.335 e. The summed E-state index contributed by atoms with van der Waals surface area (Å²) in [7, 11) is 1.32. The summed E-state index contributed by atoms with van der Waals surface area (Å²) in [5, 5.41) is 27.3. The van der Waals surface area contributed by atoms with Gasteiger partial charge in [0.05, 0.1) is 23.5 Å². The van der Waals surface area contributed by atoms with Crippen LogP contribution in [0.1, 0.15) is 10.4 Å². The SMILES string of the molecule is COCC(NC(=O)C(=O)Nc1cc(Cl)ccc1-n1cnnn1)C(=O)Nc1ccc(C(=O)O)cc1. The lowest BCUT2D eigenvalue weighted by molar-refractivity contribution is -0.138. The van der Waals surface area contributed by atoms with E-state index in [-0.39, 0.29) is 22.9 Å². The Labute approximate surface area is 197 Å². The lowest BCUT2D eigenvalue weighted by atomic mass is 10.2. The van der Waals surface area contributed by atoms with E-state index in [0.29, 0.717) is 11.4 Å². The molecule has 0 fully saturated rings. The molecule has 14 heteroatoms. The molecule has 0 saturated carbocycles. The zero-order valence-electron chi connectivity index (χ0n) is 17.6. The Morgan fingerprint density at radius 3 is 2.44 bits per heavy atom. The number of amides is 3. The first-order valence-electron chi connectivity index (χ1n) is 9.56. The van der Waals surface area contributed by atoms with Crippen molar-refractivity contribution in [2.24, 2.45) is 0 Å². The zero-order chi connectivity index (χ0) is 24.7.